The van der Waals surface area contributed by atoms with Gasteiger partial charge in [-0.25, -0.2) is 9.97 Å². The van der Waals surface area contributed by atoms with Crippen LogP contribution < -0.4 is 0 Å². The average Bonchev–Trinajstić information content (AvgIpc) is 3.02. The van der Waals surface area contributed by atoms with Crippen LogP contribution in [0.2, 0.25) is 0 Å². The van der Waals surface area contributed by atoms with Gasteiger partial charge in [-0.3, -0.25) is 0 Å². The van der Waals surface area contributed by atoms with Gasteiger partial charge in [0, 0.05) is 26.4 Å². The van der Waals surface area contributed by atoms with Crippen molar-refractivity contribution >= 4 is 57.5 Å². The number of benzene rings is 4. The van der Waals surface area contributed by atoms with Crippen molar-refractivity contribution in [1.82, 2.24) is 9.97 Å². The monoisotopic (exact) mass is 820 g/mol. The van der Waals surface area contributed by atoms with Crippen molar-refractivity contribution in [2.75, 3.05) is 0 Å². The zero-order chi connectivity index (χ0) is 32.9. The summed E-state index contributed by atoms with van der Waals surface area (Å²) in [6, 6.07) is 34.3. The second-order valence-corrected chi connectivity index (χ2v) is 12.0. The van der Waals surface area contributed by atoms with Crippen LogP contribution in [0.3, 0.4) is 0 Å². The van der Waals surface area contributed by atoms with Crippen LogP contribution in [0.1, 0.15) is 54.5 Å². The molecule has 45 heavy (non-hydrogen) atoms. The van der Waals surface area contributed by atoms with E-state index in [4.69, 9.17) is 9.97 Å². The molecule has 0 saturated heterocycles. The minimum absolute atomic E-state index is 1.00. The van der Waals surface area contributed by atoms with Gasteiger partial charge in [0.15, 0.2) is 0 Å². The standard InChI is InChI=1S/C20H21N.C17H14BrN.C3H7.HI.Zn/c1-4-6-16-7-5-8-20-18(16)9-10-19(21-20)17-12-14(2)11-15(3)13-17;1-11-8-12(2)10-13(9-11)16-7-6-14-15(18)4-3-5-17(14)19-16;1-3-2;;/h5,7-13H,4,6H2,1-3H3;3-10H,1-2H3;1,3H2,2H3;1H;/q;;-1;;+2/p-1. The third kappa shape index (κ3) is 10.5. The summed E-state index contributed by atoms with van der Waals surface area (Å²) in [6.45, 7) is 16.2. The average molecular weight is 823 g/mol. The maximum atomic E-state index is 4.87. The summed E-state index contributed by atoms with van der Waals surface area (Å²) in [6.07, 6.45) is 3.28. The van der Waals surface area contributed by atoms with Crippen molar-refractivity contribution in [2.24, 2.45) is 0 Å². The molecule has 0 aliphatic carbocycles. The molecule has 0 spiro atoms. The third-order valence-corrected chi connectivity index (χ3v) is 7.75. The normalized spacial score (nSPS) is 10.3. The zero-order valence-electron chi connectivity index (χ0n) is 27.4. The SMILES string of the molecule is CCCc1cccc2nc(-c3cc(C)cc(C)c3)ccc12.Cc1cc(C)cc(-c2ccc3c(Br)cccc3n2)c1.[CH2-]CC.[Zn+][I]. The van der Waals surface area contributed by atoms with E-state index in [1.54, 1.807) is 0 Å². The van der Waals surface area contributed by atoms with E-state index in [2.05, 4.69) is 156 Å². The number of nitrogens with zero attached hydrogens (tertiary/aromatic N) is 2. The zero-order valence-corrected chi connectivity index (χ0v) is 34.1. The van der Waals surface area contributed by atoms with Crippen molar-refractivity contribution in [2.45, 2.75) is 60.8 Å². The molecule has 0 N–H and O–H groups in total. The number of aromatic nitrogens is 2. The molecule has 0 fully saturated rings. The van der Waals surface area contributed by atoms with E-state index in [-0.39, 0.29) is 0 Å². The van der Waals surface area contributed by atoms with Crippen molar-refractivity contribution in [3.05, 3.63) is 136 Å². The van der Waals surface area contributed by atoms with Crippen molar-refractivity contribution in [3.63, 3.8) is 0 Å². The van der Waals surface area contributed by atoms with E-state index in [1.165, 1.54) is 59.1 Å². The number of fused-ring (bicyclic) bond motifs is 2. The molecule has 0 saturated carbocycles. The predicted molar refractivity (Wildman–Crippen MR) is 205 cm³/mol. The van der Waals surface area contributed by atoms with Crippen molar-refractivity contribution in [3.8, 4) is 22.5 Å². The summed E-state index contributed by atoms with van der Waals surface area (Å²) in [5, 5.41) is 2.43. The van der Waals surface area contributed by atoms with Gasteiger partial charge in [0.25, 0.3) is 0 Å². The van der Waals surface area contributed by atoms with E-state index in [1.807, 2.05) is 25.1 Å². The molecule has 6 rings (SSSR count). The Morgan fingerprint density at radius 2 is 1.04 bits per heavy atom. The second-order valence-electron chi connectivity index (χ2n) is 11.2. The van der Waals surface area contributed by atoms with Gasteiger partial charge in [-0.2, -0.15) is 6.42 Å². The summed E-state index contributed by atoms with van der Waals surface area (Å²) < 4.78 is 1.09. The minimum atomic E-state index is 1.00. The molecule has 0 aliphatic rings. The number of hydrogen-bond acceptors (Lipinski definition) is 2. The first kappa shape index (κ1) is 37.0. The molecule has 5 heteroatoms. The summed E-state index contributed by atoms with van der Waals surface area (Å²) in [5.74, 6) is 0. The van der Waals surface area contributed by atoms with Gasteiger partial charge in [0.2, 0.25) is 0 Å². The van der Waals surface area contributed by atoms with Crippen molar-refractivity contribution in [1.29, 1.82) is 0 Å². The van der Waals surface area contributed by atoms with Gasteiger partial charge in [-0.15, -0.1) is 0 Å². The Morgan fingerprint density at radius 3 is 1.51 bits per heavy atom. The molecule has 228 valence electrons. The van der Waals surface area contributed by atoms with Crippen LogP contribution in [0.4, 0.5) is 0 Å². The van der Waals surface area contributed by atoms with E-state index in [9.17, 15) is 0 Å². The molecule has 2 aromatic heterocycles. The Kier molecular flexibility index (Phi) is 15.3. The van der Waals surface area contributed by atoms with E-state index in [0.717, 1.165) is 51.5 Å². The molecule has 0 radical (unpaired) electrons. The molecule has 6 aromatic rings. The summed E-state index contributed by atoms with van der Waals surface area (Å²) in [5.41, 5.74) is 13.1. The predicted octanol–water partition coefficient (Wildman–Crippen LogP) is 12.9. The van der Waals surface area contributed by atoms with Crippen LogP contribution in [0.25, 0.3) is 44.3 Å². The first-order valence-electron chi connectivity index (χ1n) is 15.4. The van der Waals surface area contributed by atoms with Gasteiger partial charge in [0.1, 0.15) is 0 Å². The Morgan fingerprint density at radius 1 is 0.622 bits per heavy atom. The van der Waals surface area contributed by atoms with Crippen LogP contribution in [0.15, 0.2) is 102 Å². The van der Waals surface area contributed by atoms with Crippen LogP contribution >= 0.6 is 35.7 Å². The molecule has 0 amide bonds. The fourth-order valence-electron chi connectivity index (χ4n) is 5.39. The van der Waals surface area contributed by atoms with E-state index >= 15 is 0 Å². The van der Waals surface area contributed by atoms with Gasteiger partial charge >= 0.3 is 34.5 Å². The summed E-state index contributed by atoms with van der Waals surface area (Å²) >= 11 is 7.18. The topological polar surface area (TPSA) is 25.8 Å². The van der Waals surface area contributed by atoms with Crippen LogP contribution in [0, 0.1) is 34.6 Å². The van der Waals surface area contributed by atoms with Crippen LogP contribution in [0.5, 0.6) is 0 Å². The second kappa shape index (κ2) is 18.6. The molecule has 2 heterocycles. The van der Waals surface area contributed by atoms with Gasteiger partial charge in [-0.1, -0.05) is 94.9 Å². The van der Waals surface area contributed by atoms with Gasteiger partial charge < -0.3 is 6.92 Å². The molecule has 0 aliphatic heterocycles. The Labute approximate surface area is 299 Å². The van der Waals surface area contributed by atoms with E-state index in [0.29, 0.717) is 0 Å². The summed E-state index contributed by atoms with van der Waals surface area (Å²) in [4.78, 5) is 9.63. The number of pyridine rings is 2. The first-order valence-corrected chi connectivity index (χ1v) is 25.2. The molecule has 2 nitrogen and oxygen atoms in total. The molecule has 0 bridgehead atoms. The quantitative estimate of drug-likeness (QED) is 0.101. The Bertz CT molecular complexity index is 1810. The molecular weight excluding hydrogens is 781 g/mol. The number of hydrogen-bond donors (Lipinski definition) is 0. The molecule has 0 unspecified atom stereocenters. The molecular formula is C40H42BrIN2Zn. The number of halogens is 2. The Hall–Kier alpha value is -2.47. The number of aryl methyl sites for hydroxylation is 5. The maximum absolute atomic E-state index is 4.87. The van der Waals surface area contributed by atoms with Crippen LogP contribution in [-0.4, -0.2) is 9.97 Å². The van der Waals surface area contributed by atoms with Crippen LogP contribution in [-0.2, 0) is 21.2 Å². The molecule has 4 aromatic carbocycles. The van der Waals surface area contributed by atoms with Gasteiger partial charge in [-0.05, 0) is 100 Å². The van der Waals surface area contributed by atoms with E-state index < -0.39 is 0 Å². The Balaban J connectivity index is 0.000000216. The fraction of sp³-hybridized carbons (Fsp3) is 0.225. The first-order chi connectivity index (χ1) is 21.7. The van der Waals surface area contributed by atoms with Crippen molar-refractivity contribution < 1.29 is 14.8 Å². The third-order valence-electron chi connectivity index (χ3n) is 7.06. The van der Waals surface area contributed by atoms with Gasteiger partial charge in [0.05, 0.1) is 22.4 Å². The fourth-order valence-corrected chi connectivity index (χ4v) is 5.88. The molecule has 0 atom stereocenters. The summed E-state index contributed by atoms with van der Waals surface area (Å²) in [7, 11) is 0. The number of rotatable bonds is 4.